The van der Waals surface area contributed by atoms with Crippen molar-refractivity contribution in [2.45, 2.75) is 13.3 Å². The average Bonchev–Trinajstić information content (AvgIpc) is 2.28. The molecule has 0 saturated heterocycles. The number of carbonyl (C=O) groups is 1. The Morgan fingerprint density at radius 2 is 2.00 bits per heavy atom. The number of esters is 1. The van der Waals surface area contributed by atoms with Gasteiger partial charge < -0.3 is 4.74 Å². The highest BCUT2D eigenvalue weighted by Crippen LogP contribution is 2.07. The third kappa shape index (κ3) is 3.81. The molecule has 0 unspecified atom stereocenters. The first kappa shape index (κ1) is 12.4. The van der Waals surface area contributed by atoms with Gasteiger partial charge in [-0.3, -0.25) is 0 Å². The molecule has 0 aliphatic carbocycles. The summed E-state index contributed by atoms with van der Waals surface area (Å²) in [5, 5.41) is 0. The number of ether oxygens (including phenoxy) is 1. The predicted octanol–water partition coefficient (Wildman–Crippen LogP) is 2.78. The molecule has 4 heteroatoms. The second-order valence-corrected chi connectivity index (χ2v) is 3.10. The summed E-state index contributed by atoms with van der Waals surface area (Å²) in [5.74, 6) is -2.24. The summed E-state index contributed by atoms with van der Waals surface area (Å²) >= 11 is 0. The molecule has 0 spiro atoms. The van der Waals surface area contributed by atoms with E-state index in [9.17, 15) is 13.6 Å². The van der Waals surface area contributed by atoms with Gasteiger partial charge in [0.05, 0.1) is 6.61 Å². The summed E-state index contributed by atoms with van der Waals surface area (Å²) in [5.41, 5.74) is 0.723. The molecule has 0 radical (unpaired) electrons. The van der Waals surface area contributed by atoms with Gasteiger partial charge in [0, 0.05) is 0 Å². The van der Waals surface area contributed by atoms with Crippen LogP contribution in [-0.4, -0.2) is 12.6 Å². The molecule has 86 valence electrons. The number of rotatable bonds is 4. The number of allylic oxidation sites excluding steroid dienone is 1. The summed E-state index contributed by atoms with van der Waals surface area (Å²) < 4.78 is 30.1. The maximum atomic E-state index is 13.1. The van der Waals surface area contributed by atoms with Gasteiger partial charge in [-0.25, -0.2) is 9.18 Å². The first-order chi connectivity index (χ1) is 7.63. The molecule has 16 heavy (non-hydrogen) atoms. The van der Waals surface area contributed by atoms with Gasteiger partial charge in [-0.2, -0.15) is 4.39 Å². The zero-order valence-corrected chi connectivity index (χ0v) is 8.87. The Labute approximate surface area is 92.5 Å². The second kappa shape index (κ2) is 6.00. The van der Waals surface area contributed by atoms with Crippen molar-refractivity contribution in [3.05, 3.63) is 47.5 Å². The molecule has 0 amide bonds. The van der Waals surface area contributed by atoms with E-state index in [-0.39, 0.29) is 18.8 Å². The fraction of sp³-hybridized carbons (Fsp3) is 0.250. The van der Waals surface area contributed by atoms with Crippen LogP contribution in [0.4, 0.5) is 8.78 Å². The van der Waals surface area contributed by atoms with Gasteiger partial charge >= 0.3 is 5.97 Å². The minimum absolute atomic E-state index is 0.136. The normalized spacial score (nSPS) is 11.3. The highest BCUT2D eigenvalue weighted by molar-refractivity contribution is 5.85. The number of halogens is 2. The van der Waals surface area contributed by atoms with Crippen LogP contribution >= 0.6 is 0 Å². The van der Waals surface area contributed by atoms with Crippen molar-refractivity contribution in [1.82, 2.24) is 0 Å². The Hall–Kier alpha value is -1.71. The fourth-order valence-electron chi connectivity index (χ4n) is 1.11. The van der Waals surface area contributed by atoms with E-state index in [4.69, 9.17) is 0 Å². The SMILES string of the molecule is CCOC(=O)/C(F)=C\Cc1ccc(F)cc1. The number of hydrogen-bond donors (Lipinski definition) is 0. The molecule has 0 fully saturated rings. The van der Waals surface area contributed by atoms with Gasteiger partial charge in [0.1, 0.15) is 5.82 Å². The molecule has 0 aliphatic heterocycles. The Morgan fingerprint density at radius 3 is 2.56 bits per heavy atom. The first-order valence-electron chi connectivity index (χ1n) is 4.90. The van der Waals surface area contributed by atoms with Crippen LogP contribution < -0.4 is 0 Å². The quantitative estimate of drug-likeness (QED) is 0.583. The maximum absolute atomic E-state index is 13.1. The zero-order chi connectivity index (χ0) is 12.0. The van der Waals surface area contributed by atoms with Crippen LogP contribution in [0.2, 0.25) is 0 Å². The highest BCUT2D eigenvalue weighted by atomic mass is 19.1. The van der Waals surface area contributed by atoms with Crippen LogP contribution in [0.1, 0.15) is 12.5 Å². The zero-order valence-electron chi connectivity index (χ0n) is 8.87. The molecule has 0 N–H and O–H groups in total. The lowest BCUT2D eigenvalue weighted by atomic mass is 10.1. The van der Waals surface area contributed by atoms with Gasteiger partial charge in [-0.05, 0) is 37.1 Å². The average molecular weight is 226 g/mol. The molecule has 0 heterocycles. The molecule has 0 atom stereocenters. The molecule has 0 bridgehead atoms. The Morgan fingerprint density at radius 1 is 1.38 bits per heavy atom. The maximum Gasteiger partial charge on any atom is 0.366 e. The summed E-state index contributed by atoms with van der Waals surface area (Å²) in [7, 11) is 0. The molecule has 1 aromatic rings. The van der Waals surface area contributed by atoms with E-state index in [2.05, 4.69) is 4.74 Å². The largest absolute Gasteiger partial charge is 0.461 e. The summed E-state index contributed by atoms with van der Waals surface area (Å²) in [6.45, 7) is 1.74. The van der Waals surface area contributed by atoms with E-state index in [0.717, 1.165) is 11.6 Å². The monoisotopic (exact) mass is 226 g/mol. The van der Waals surface area contributed by atoms with Gasteiger partial charge in [0.2, 0.25) is 5.83 Å². The van der Waals surface area contributed by atoms with E-state index >= 15 is 0 Å². The minimum Gasteiger partial charge on any atom is -0.461 e. The van der Waals surface area contributed by atoms with E-state index in [1.165, 1.54) is 24.3 Å². The van der Waals surface area contributed by atoms with Gasteiger partial charge in [-0.15, -0.1) is 0 Å². The number of carbonyl (C=O) groups excluding carboxylic acids is 1. The molecule has 0 aromatic heterocycles. The van der Waals surface area contributed by atoms with Crippen LogP contribution in [0.5, 0.6) is 0 Å². The first-order valence-corrected chi connectivity index (χ1v) is 4.90. The van der Waals surface area contributed by atoms with Gasteiger partial charge in [0.15, 0.2) is 0 Å². The lowest BCUT2D eigenvalue weighted by Crippen LogP contribution is -2.04. The Kier molecular flexibility index (Phi) is 4.64. The van der Waals surface area contributed by atoms with Crippen molar-refractivity contribution in [3.8, 4) is 0 Å². The van der Waals surface area contributed by atoms with E-state index < -0.39 is 11.8 Å². The summed E-state index contributed by atoms with van der Waals surface area (Å²) in [6.07, 6.45) is 1.34. The minimum atomic E-state index is -0.968. The van der Waals surface area contributed by atoms with E-state index in [1.54, 1.807) is 6.92 Å². The van der Waals surface area contributed by atoms with Crippen LogP contribution in [-0.2, 0) is 16.0 Å². The van der Waals surface area contributed by atoms with Crippen LogP contribution in [0.3, 0.4) is 0 Å². The van der Waals surface area contributed by atoms with Gasteiger partial charge in [-0.1, -0.05) is 12.1 Å². The van der Waals surface area contributed by atoms with E-state index in [1.807, 2.05) is 0 Å². The Balaban J connectivity index is 2.58. The predicted molar refractivity (Wildman–Crippen MR) is 55.9 cm³/mol. The molecule has 0 saturated carbocycles. The second-order valence-electron chi connectivity index (χ2n) is 3.10. The van der Waals surface area contributed by atoms with Crippen LogP contribution in [0.25, 0.3) is 0 Å². The van der Waals surface area contributed by atoms with Crippen molar-refractivity contribution in [2.75, 3.05) is 6.61 Å². The van der Waals surface area contributed by atoms with Crippen molar-refractivity contribution in [3.63, 3.8) is 0 Å². The molecule has 1 aromatic carbocycles. The van der Waals surface area contributed by atoms with E-state index in [0.29, 0.717) is 0 Å². The lowest BCUT2D eigenvalue weighted by molar-refractivity contribution is -0.140. The molecule has 1 rings (SSSR count). The Bertz CT molecular complexity index is 383. The summed E-state index contributed by atoms with van der Waals surface area (Å²) in [6, 6.07) is 5.63. The topological polar surface area (TPSA) is 26.3 Å². The summed E-state index contributed by atoms with van der Waals surface area (Å²) in [4.78, 5) is 10.9. The smallest absolute Gasteiger partial charge is 0.366 e. The fourth-order valence-corrected chi connectivity index (χ4v) is 1.11. The molecule has 0 aliphatic rings. The van der Waals surface area contributed by atoms with Crippen molar-refractivity contribution in [2.24, 2.45) is 0 Å². The third-order valence-electron chi connectivity index (χ3n) is 1.90. The number of hydrogen-bond acceptors (Lipinski definition) is 2. The van der Waals surface area contributed by atoms with Gasteiger partial charge in [0.25, 0.3) is 0 Å². The van der Waals surface area contributed by atoms with Crippen LogP contribution in [0.15, 0.2) is 36.2 Å². The van der Waals surface area contributed by atoms with Crippen molar-refractivity contribution >= 4 is 5.97 Å². The van der Waals surface area contributed by atoms with Crippen molar-refractivity contribution < 1.29 is 18.3 Å². The third-order valence-corrected chi connectivity index (χ3v) is 1.90. The standard InChI is InChI=1S/C12H12F2O2/c1-2-16-12(15)11(14)8-5-9-3-6-10(13)7-4-9/h3-4,6-8H,2,5H2,1H3/b11-8+. The van der Waals surface area contributed by atoms with Crippen LogP contribution in [0, 0.1) is 5.82 Å². The van der Waals surface area contributed by atoms with Crippen molar-refractivity contribution in [1.29, 1.82) is 0 Å². The lowest BCUT2D eigenvalue weighted by Gasteiger charge is -1.99. The molecule has 2 nitrogen and oxygen atoms in total. The molecular formula is C12H12F2O2. The molecular weight excluding hydrogens is 214 g/mol. The highest BCUT2D eigenvalue weighted by Gasteiger charge is 2.08. The number of benzene rings is 1.